The third-order valence-electron chi connectivity index (χ3n) is 1.89. The number of non-ortho nitro benzene ring substituents is 1. The van der Waals surface area contributed by atoms with Gasteiger partial charge in [0.1, 0.15) is 5.78 Å². The monoisotopic (exact) mass is 217 g/mol. The van der Waals surface area contributed by atoms with Crippen molar-refractivity contribution in [3.8, 4) is 11.8 Å². The zero-order valence-electron chi connectivity index (χ0n) is 8.90. The highest BCUT2D eigenvalue weighted by Crippen LogP contribution is 2.11. The van der Waals surface area contributed by atoms with Gasteiger partial charge in [-0.25, -0.2) is 0 Å². The second-order valence-electron chi connectivity index (χ2n) is 3.31. The molecule has 1 rings (SSSR count). The van der Waals surface area contributed by atoms with E-state index >= 15 is 0 Å². The quantitative estimate of drug-likeness (QED) is 0.443. The third-order valence-corrected chi connectivity index (χ3v) is 1.89. The SMILES string of the molecule is CC(=O)CCC#Cc1cccc([N+](=O)[O-])c1. The molecular weight excluding hydrogens is 206 g/mol. The number of nitro benzene ring substituents is 1. The molecule has 0 bridgehead atoms. The van der Waals surface area contributed by atoms with E-state index in [0.717, 1.165) is 0 Å². The molecule has 1 aromatic rings. The Bertz CT molecular complexity index is 469. The first-order valence-corrected chi connectivity index (χ1v) is 4.82. The number of benzene rings is 1. The molecule has 0 radical (unpaired) electrons. The zero-order valence-corrected chi connectivity index (χ0v) is 8.90. The highest BCUT2D eigenvalue weighted by Gasteiger charge is 2.03. The van der Waals surface area contributed by atoms with E-state index < -0.39 is 4.92 Å². The lowest BCUT2D eigenvalue weighted by Gasteiger charge is -1.91. The molecule has 4 heteroatoms. The van der Waals surface area contributed by atoms with E-state index in [2.05, 4.69) is 11.8 Å². The Hall–Kier alpha value is -2.15. The summed E-state index contributed by atoms with van der Waals surface area (Å²) in [6.45, 7) is 1.51. The van der Waals surface area contributed by atoms with Crippen LogP contribution >= 0.6 is 0 Å². The smallest absolute Gasteiger partial charge is 0.270 e. The number of ketones is 1. The van der Waals surface area contributed by atoms with Crippen molar-refractivity contribution < 1.29 is 9.72 Å². The summed E-state index contributed by atoms with van der Waals surface area (Å²) >= 11 is 0. The zero-order chi connectivity index (χ0) is 12.0. The molecule has 0 aliphatic carbocycles. The minimum atomic E-state index is -0.458. The van der Waals surface area contributed by atoms with Crippen molar-refractivity contribution in [2.45, 2.75) is 19.8 Å². The molecule has 4 nitrogen and oxygen atoms in total. The number of Topliss-reactive ketones (excluding diaryl/α,β-unsaturated/α-hetero) is 1. The molecule has 0 unspecified atom stereocenters. The van der Waals surface area contributed by atoms with Gasteiger partial charge in [-0.2, -0.15) is 0 Å². The van der Waals surface area contributed by atoms with Gasteiger partial charge in [0.15, 0.2) is 0 Å². The molecule has 16 heavy (non-hydrogen) atoms. The van der Waals surface area contributed by atoms with Crippen LogP contribution in [-0.2, 0) is 4.79 Å². The molecule has 0 heterocycles. The fraction of sp³-hybridized carbons (Fsp3) is 0.250. The highest BCUT2D eigenvalue weighted by atomic mass is 16.6. The maximum atomic E-state index is 10.6. The van der Waals surface area contributed by atoms with Gasteiger partial charge in [-0.3, -0.25) is 14.9 Å². The molecule has 0 aromatic heterocycles. The standard InChI is InChI=1S/C12H11NO3/c1-10(14)5-2-3-6-11-7-4-8-12(9-11)13(15)16/h4,7-9H,2,5H2,1H3. The average molecular weight is 217 g/mol. The Kier molecular flexibility index (Phi) is 4.22. The normalized spacial score (nSPS) is 9.06. The van der Waals surface area contributed by atoms with Crippen LogP contribution in [0.15, 0.2) is 24.3 Å². The van der Waals surface area contributed by atoms with Crippen molar-refractivity contribution in [2.24, 2.45) is 0 Å². The summed E-state index contributed by atoms with van der Waals surface area (Å²) in [5.74, 6) is 5.69. The van der Waals surface area contributed by atoms with Gasteiger partial charge in [-0.1, -0.05) is 17.9 Å². The van der Waals surface area contributed by atoms with Gasteiger partial charge >= 0.3 is 0 Å². The first-order chi connectivity index (χ1) is 7.59. The van der Waals surface area contributed by atoms with Crippen LogP contribution in [0, 0.1) is 22.0 Å². The Balaban J connectivity index is 2.70. The molecule has 0 spiro atoms. The van der Waals surface area contributed by atoms with Crippen molar-refractivity contribution in [1.82, 2.24) is 0 Å². The molecule has 1 aromatic carbocycles. The van der Waals surface area contributed by atoms with Gasteiger partial charge in [0.25, 0.3) is 5.69 Å². The fourth-order valence-electron chi connectivity index (χ4n) is 1.10. The van der Waals surface area contributed by atoms with Crippen LogP contribution in [0.2, 0.25) is 0 Å². The number of nitrogens with zero attached hydrogens (tertiary/aromatic N) is 1. The molecule has 0 fully saturated rings. The van der Waals surface area contributed by atoms with Gasteiger partial charge in [-0.15, -0.1) is 0 Å². The summed E-state index contributed by atoms with van der Waals surface area (Å²) in [4.78, 5) is 20.7. The number of carbonyl (C=O) groups is 1. The third kappa shape index (κ3) is 3.93. The van der Waals surface area contributed by atoms with Gasteiger partial charge in [-0.05, 0) is 13.0 Å². The van der Waals surface area contributed by atoms with Crippen molar-refractivity contribution in [2.75, 3.05) is 0 Å². The van der Waals surface area contributed by atoms with E-state index in [1.54, 1.807) is 12.1 Å². The second-order valence-corrected chi connectivity index (χ2v) is 3.31. The average Bonchev–Trinajstić information content (AvgIpc) is 2.24. The summed E-state index contributed by atoms with van der Waals surface area (Å²) in [5, 5.41) is 10.5. The summed E-state index contributed by atoms with van der Waals surface area (Å²) < 4.78 is 0. The molecule has 0 aliphatic rings. The van der Waals surface area contributed by atoms with E-state index in [0.29, 0.717) is 18.4 Å². The second kappa shape index (κ2) is 5.66. The summed E-state index contributed by atoms with van der Waals surface area (Å²) in [6.07, 6.45) is 0.903. The summed E-state index contributed by atoms with van der Waals surface area (Å²) in [6, 6.07) is 6.13. The Morgan fingerprint density at radius 2 is 2.25 bits per heavy atom. The van der Waals surface area contributed by atoms with Crippen LogP contribution < -0.4 is 0 Å². The number of carbonyl (C=O) groups excluding carboxylic acids is 1. The van der Waals surface area contributed by atoms with E-state index in [-0.39, 0.29) is 11.5 Å². The summed E-state index contributed by atoms with van der Waals surface area (Å²) in [5.41, 5.74) is 0.621. The Labute approximate surface area is 93.4 Å². The van der Waals surface area contributed by atoms with Crippen LogP contribution in [-0.4, -0.2) is 10.7 Å². The van der Waals surface area contributed by atoms with Crippen molar-refractivity contribution in [3.05, 3.63) is 39.9 Å². The highest BCUT2D eigenvalue weighted by molar-refractivity contribution is 5.75. The number of hydrogen-bond donors (Lipinski definition) is 0. The minimum Gasteiger partial charge on any atom is -0.300 e. The predicted octanol–water partition coefficient (Wildman–Crippen LogP) is 2.32. The maximum Gasteiger partial charge on any atom is 0.270 e. The Morgan fingerprint density at radius 1 is 1.50 bits per heavy atom. The largest absolute Gasteiger partial charge is 0.300 e. The lowest BCUT2D eigenvalue weighted by atomic mass is 10.2. The number of nitro groups is 1. The maximum absolute atomic E-state index is 10.6. The molecule has 0 saturated carbocycles. The van der Waals surface area contributed by atoms with Crippen LogP contribution in [0.5, 0.6) is 0 Å². The van der Waals surface area contributed by atoms with Gasteiger partial charge in [0, 0.05) is 30.5 Å². The number of rotatable bonds is 3. The van der Waals surface area contributed by atoms with E-state index in [9.17, 15) is 14.9 Å². The van der Waals surface area contributed by atoms with Crippen molar-refractivity contribution in [1.29, 1.82) is 0 Å². The topological polar surface area (TPSA) is 60.2 Å². The van der Waals surface area contributed by atoms with Gasteiger partial charge < -0.3 is 0 Å². The summed E-state index contributed by atoms with van der Waals surface area (Å²) in [7, 11) is 0. The molecule has 0 aliphatic heterocycles. The lowest BCUT2D eigenvalue weighted by Crippen LogP contribution is -1.88. The van der Waals surface area contributed by atoms with Crippen LogP contribution in [0.1, 0.15) is 25.3 Å². The van der Waals surface area contributed by atoms with Crippen LogP contribution in [0.4, 0.5) is 5.69 Å². The van der Waals surface area contributed by atoms with Gasteiger partial charge in [0.05, 0.1) is 4.92 Å². The molecule has 82 valence electrons. The van der Waals surface area contributed by atoms with Crippen molar-refractivity contribution in [3.63, 3.8) is 0 Å². The van der Waals surface area contributed by atoms with Crippen LogP contribution in [0.3, 0.4) is 0 Å². The predicted molar refractivity (Wildman–Crippen MR) is 59.9 cm³/mol. The van der Waals surface area contributed by atoms with E-state index in [1.807, 2.05) is 0 Å². The molecule has 0 N–H and O–H groups in total. The van der Waals surface area contributed by atoms with Crippen LogP contribution in [0.25, 0.3) is 0 Å². The van der Waals surface area contributed by atoms with Crippen molar-refractivity contribution >= 4 is 11.5 Å². The van der Waals surface area contributed by atoms with E-state index in [1.165, 1.54) is 19.1 Å². The first-order valence-electron chi connectivity index (χ1n) is 4.82. The Morgan fingerprint density at radius 3 is 2.88 bits per heavy atom. The van der Waals surface area contributed by atoms with E-state index in [4.69, 9.17) is 0 Å². The molecular formula is C12H11NO3. The lowest BCUT2D eigenvalue weighted by molar-refractivity contribution is -0.384. The minimum absolute atomic E-state index is 0.0263. The molecule has 0 atom stereocenters. The molecule has 0 saturated heterocycles. The number of hydrogen-bond acceptors (Lipinski definition) is 3. The fourth-order valence-corrected chi connectivity index (χ4v) is 1.10. The molecule has 0 amide bonds. The first kappa shape index (κ1) is 11.9. The van der Waals surface area contributed by atoms with Gasteiger partial charge in [0.2, 0.25) is 0 Å².